The van der Waals surface area contributed by atoms with Gasteiger partial charge in [-0.05, 0) is 31.6 Å². The molecule has 1 aliphatic carbocycles. The predicted molar refractivity (Wildman–Crippen MR) is 73.2 cm³/mol. The van der Waals surface area contributed by atoms with Gasteiger partial charge in [0.2, 0.25) is 0 Å². The number of ether oxygens (including phenoxy) is 1. The van der Waals surface area contributed by atoms with Crippen LogP contribution in [0.25, 0.3) is 0 Å². The predicted octanol–water partition coefficient (Wildman–Crippen LogP) is 2.56. The fourth-order valence-corrected chi connectivity index (χ4v) is 2.47. The number of rotatable bonds is 5. The number of nitrogens with zero attached hydrogens (tertiary/aromatic N) is 2. The molecule has 5 nitrogen and oxygen atoms in total. The van der Waals surface area contributed by atoms with Gasteiger partial charge in [0.15, 0.2) is 0 Å². The van der Waals surface area contributed by atoms with Gasteiger partial charge in [0, 0.05) is 12.7 Å². The summed E-state index contributed by atoms with van der Waals surface area (Å²) in [4.78, 5) is 20.1. The first-order valence-electron chi connectivity index (χ1n) is 6.76. The summed E-state index contributed by atoms with van der Waals surface area (Å²) in [5, 5.41) is 3.31. The fourth-order valence-electron chi connectivity index (χ4n) is 2.47. The Kier molecular flexibility index (Phi) is 4.02. The number of nitrogens with one attached hydrogen (secondary N) is 1. The van der Waals surface area contributed by atoms with Gasteiger partial charge < -0.3 is 10.1 Å². The summed E-state index contributed by atoms with van der Waals surface area (Å²) in [6.45, 7) is 4.88. The highest BCUT2D eigenvalue weighted by atomic mass is 16.5. The molecule has 5 heteroatoms. The van der Waals surface area contributed by atoms with Gasteiger partial charge in [0.25, 0.3) is 0 Å². The number of esters is 1. The van der Waals surface area contributed by atoms with Crippen molar-refractivity contribution in [3.63, 3.8) is 0 Å². The van der Waals surface area contributed by atoms with Crippen molar-refractivity contribution in [2.75, 3.05) is 19.0 Å². The Hall–Kier alpha value is -1.65. The molecule has 0 saturated heterocycles. The number of hydrogen-bond acceptors (Lipinski definition) is 5. The van der Waals surface area contributed by atoms with Crippen LogP contribution in [0.3, 0.4) is 0 Å². The van der Waals surface area contributed by atoms with Gasteiger partial charge in [0.1, 0.15) is 17.2 Å². The van der Waals surface area contributed by atoms with Gasteiger partial charge in [-0.3, -0.25) is 0 Å². The second kappa shape index (κ2) is 5.55. The van der Waals surface area contributed by atoms with E-state index >= 15 is 0 Å². The molecule has 1 fully saturated rings. The quantitative estimate of drug-likeness (QED) is 0.827. The maximum absolute atomic E-state index is 11.7. The van der Waals surface area contributed by atoms with E-state index < -0.39 is 5.97 Å². The van der Waals surface area contributed by atoms with Crippen molar-refractivity contribution in [2.45, 2.75) is 39.5 Å². The van der Waals surface area contributed by atoms with E-state index in [2.05, 4.69) is 22.2 Å². The van der Waals surface area contributed by atoms with E-state index in [4.69, 9.17) is 4.74 Å². The van der Waals surface area contributed by atoms with Crippen LogP contribution in [0.1, 0.15) is 48.8 Å². The van der Waals surface area contributed by atoms with Crippen LogP contribution < -0.4 is 5.32 Å². The van der Waals surface area contributed by atoms with E-state index in [-0.39, 0.29) is 0 Å². The first-order valence-corrected chi connectivity index (χ1v) is 6.76. The molecule has 0 atom stereocenters. The zero-order valence-electron chi connectivity index (χ0n) is 11.8. The largest absolute Gasteiger partial charge is 0.465 e. The average molecular weight is 263 g/mol. The third-order valence-corrected chi connectivity index (χ3v) is 4.11. The molecule has 0 amide bonds. The minimum absolute atomic E-state index is 0.367. The van der Waals surface area contributed by atoms with E-state index in [1.54, 1.807) is 0 Å². The lowest BCUT2D eigenvalue weighted by atomic mass is 9.67. The molecule has 0 unspecified atom stereocenters. The zero-order valence-corrected chi connectivity index (χ0v) is 11.8. The number of anilines is 1. The Bertz CT molecular complexity index is 464. The third-order valence-electron chi connectivity index (χ3n) is 4.11. The Morgan fingerprint density at radius 3 is 2.79 bits per heavy atom. The second-order valence-corrected chi connectivity index (χ2v) is 5.23. The molecule has 0 aromatic carbocycles. The van der Waals surface area contributed by atoms with Crippen molar-refractivity contribution >= 4 is 11.8 Å². The molecule has 1 aliphatic rings. The average Bonchev–Trinajstić information content (AvgIpc) is 2.37. The monoisotopic (exact) mass is 263 g/mol. The van der Waals surface area contributed by atoms with Crippen LogP contribution in [-0.2, 0) is 4.74 Å². The Morgan fingerprint density at radius 1 is 1.53 bits per heavy atom. The second-order valence-electron chi connectivity index (χ2n) is 5.23. The van der Waals surface area contributed by atoms with Crippen molar-refractivity contribution in [3.05, 3.63) is 17.6 Å². The van der Waals surface area contributed by atoms with E-state index in [0.29, 0.717) is 22.6 Å². The Morgan fingerprint density at radius 2 is 2.26 bits per heavy atom. The lowest BCUT2D eigenvalue weighted by Gasteiger charge is -2.41. The summed E-state index contributed by atoms with van der Waals surface area (Å²) in [5.41, 5.74) is 0.769. The lowest BCUT2D eigenvalue weighted by molar-refractivity contribution is 0.0600. The van der Waals surface area contributed by atoms with Crippen LogP contribution >= 0.6 is 0 Å². The summed E-state index contributed by atoms with van der Waals surface area (Å²) in [6, 6.07) is 0. The highest BCUT2D eigenvalue weighted by Crippen LogP contribution is 2.43. The zero-order chi connectivity index (χ0) is 13.9. The topological polar surface area (TPSA) is 64.1 Å². The molecule has 1 saturated carbocycles. The molecule has 0 radical (unpaired) electrons. The fraction of sp³-hybridized carbons (Fsp3) is 0.643. The smallest absolute Gasteiger partial charge is 0.343 e. The van der Waals surface area contributed by atoms with E-state index in [0.717, 1.165) is 13.0 Å². The molecule has 1 N–H and O–H groups in total. The van der Waals surface area contributed by atoms with Gasteiger partial charge in [-0.25, -0.2) is 14.8 Å². The standard InChI is InChI=1S/C14H21N3O2/c1-4-14(6-5-7-14)9-16-12-11(13(18)19-3)8-15-10(2)17-12/h8H,4-7,9H2,1-3H3,(H,15,16,17). The van der Waals surface area contributed by atoms with Crippen molar-refractivity contribution in [3.8, 4) is 0 Å². The first-order chi connectivity index (χ1) is 9.10. The number of aromatic nitrogens is 2. The van der Waals surface area contributed by atoms with Gasteiger partial charge in [-0.2, -0.15) is 0 Å². The highest BCUT2D eigenvalue weighted by molar-refractivity contribution is 5.94. The van der Waals surface area contributed by atoms with Crippen LogP contribution in [0.5, 0.6) is 0 Å². The van der Waals surface area contributed by atoms with Crippen molar-refractivity contribution in [2.24, 2.45) is 5.41 Å². The SMILES string of the molecule is CCC1(CNc2nc(C)ncc2C(=O)OC)CCC1. The highest BCUT2D eigenvalue weighted by Gasteiger charge is 2.35. The van der Waals surface area contributed by atoms with E-state index in [1.165, 1.54) is 32.6 Å². The van der Waals surface area contributed by atoms with Crippen LogP contribution in [0.4, 0.5) is 5.82 Å². The Balaban J connectivity index is 2.14. The molecule has 0 bridgehead atoms. The van der Waals surface area contributed by atoms with E-state index in [1.807, 2.05) is 6.92 Å². The minimum atomic E-state index is -0.401. The number of hydrogen-bond donors (Lipinski definition) is 1. The number of aryl methyl sites for hydroxylation is 1. The number of methoxy groups -OCH3 is 1. The van der Waals surface area contributed by atoms with Gasteiger partial charge in [-0.1, -0.05) is 13.3 Å². The molecule has 19 heavy (non-hydrogen) atoms. The maximum Gasteiger partial charge on any atom is 0.343 e. The molecule has 104 valence electrons. The van der Waals surface area contributed by atoms with Crippen molar-refractivity contribution < 1.29 is 9.53 Å². The van der Waals surface area contributed by atoms with Gasteiger partial charge >= 0.3 is 5.97 Å². The molecule has 1 aromatic heterocycles. The molecular formula is C14H21N3O2. The molecule has 2 rings (SSSR count). The first kappa shape index (κ1) is 13.8. The number of carbonyl (C=O) groups is 1. The summed E-state index contributed by atoms with van der Waals surface area (Å²) in [7, 11) is 1.37. The maximum atomic E-state index is 11.7. The van der Waals surface area contributed by atoms with E-state index in [9.17, 15) is 4.79 Å². The summed E-state index contributed by atoms with van der Waals surface area (Å²) >= 11 is 0. The van der Waals surface area contributed by atoms with Gasteiger partial charge in [-0.15, -0.1) is 0 Å². The van der Waals surface area contributed by atoms with Crippen LogP contribution in [0, 0.1) is 12.3 Å². The van der Waals surface area contributed by atoms with Crippen LogP contribution in [0.15, 0.2) is 6.20 Å². The third kappa shape index (κ3) is 2.85. The summed E-state index contributed by atoms with van der Waals surface area (Å²) in [5.74, 6) is 0.829. The van der Waals surface area contributed by atoms with Crippen LogP contribution in [0.2, 0.25) is 0 Å². The molecule has 0 spiro atoms. The molecule has 0 aliphatic heterocycles. The van der Waals surface area contributed by atoms with Crippen LogP contribution in [-0.4, -0.2) is 29.6 Å². The Labute approximate surface area is 113 Å². The molecule has 1 heterocycles. The van der Waals surface area contributed by atoms with Gasteiger partial charge in [0.05, 0.1) is 7.11 Å². The van der Waals surface area contributed by atoms with Crippen molar-refractivity contribution in [1.82, 2.24) is 9.97 Å². The number of carbonyl (C=O) groups excluding carboxylic acids is 1. The summed E-state index contributed by atoms with van der Waals surface area (Å²) in [6.07, 6.45) is 6.46. The van der Waals surface area contributed by atoms with Crippen molar-refractivity contribution in [1.29, 1.82) is 0 Å². The normalized spacial score (nSPS) is 16.6. The molecular weight excluding hydrogens is 242 g/mol. The molecule has 1 aromatic rings. The minimum Gasteiger partial charge on any atom is -0.465 e. The lowest BCUT2D eigenvalue weighted by Crippen LogP contribution is -2.36. The summed E-state index contributed by atoms with van der Waals surface area (Å²) < 4.78 is 4.76.